The third kappa shape index (κ3) is 5.30. The maximum absolute atomic E-state index is 2.39. The standard InChI is InChI=1S/C56H36/c1-2-15-38(16-3-1)53-36-54-45(26-13-27-48(54)46-20-6-7-21-47(46)53)39-29-31-40(32-30-39)55-49-22-8-10-24-51(49)56(52-25-11-9-23-50(52)55)44-19-12-18-42(35-44)43-33-28-37-14-4-5-17-41(37)34-43/h1-36H. The van der Waals surface area contributed by atoms with Gasteiger partial charge in [-0.3, -0.25) is 0 Å². The smallest absolute Gasteiger partial charge is 0.00262 e. The summed E-state index contributed by atoms with van der Waals surface area (Å²) in [4.78, 5) is 0. The molecule has 260 valence electrons. The normalized spacial score (nSPS) is 11.6. The molecule has 0 radical (unpaired) electrons. The summed E-state index contributed by atoms with van der Waals surface area (Å²) in [6.07, 6.45) is 0. The largest absolute Gasteiger partial charge is 0.0622 e. The maximum atomic E-state index is 2.39. The van der Waals surface area contributed by atoms with E-state index in [0.717, 1.165) is 0 Å². The number of fused-ring (bicyclic) bond motifs is 6. The highest BCUT2D eigenvalue weighted by atomic mass is 14.2. The minimum Gasteiger partial charge on any atom is -0.0622 e. The van der Waals surface area contributed by atoms with Crippen LogP contribution in [0.4, 0.5) is 0 Å². The second-order valence-electron chi connectivity index (χ2n) is 14.8. The minimum atomic E-state index is 1.21. The molecular weight excluding hydrogens is 673 g/mol. The Morgan fingerprint density at radius 3 is 1.34 bits per heavy atom. The van der Waals surface area contributed by atoms with Crippen molar-refractivity contribution in [3.05, 3.63) is 218 Å². The molecule has 0 spiro atoms. The minimum absolute atomic E-state index is 1.21. The van der Waals surface area contributed by atoms with E-state index in [1.54, 1.807) is 0 Å². The molecule has 0 fully saturated rings. The van der Waals surface area contributed by atoms with E-state index in [1.807, 2.05) is 0 Å². The zero-order valence-corrected chi connectivity index (χ0v) is 30.8. The lowest BCUT2D eigenvalue weighted by molar-refractivity contribution is 1.62. The van der Waals surface area contributed by atoms with Crippen LogP contribution in [0.5, 0.6) is 0 Å². The summed E-state index contributed by atoms with van der Waals surface area (Å²) in [6.45, 7) is 0. The van der Waals surface area contributed by atoms with Gasteiger partial charge in [0.15, 0.2) is 0 Å². The van der Waals surface area contributed by atoms with Gasteiger partial charge >= 0.3 is 0 Å². The molecule has 11 aromatic carbocycles. The summed E-state index contributed by atoms with van der Waals surface area (Å²) in [5.74, 6) is 0. The molecule has 0 heteroatoms. The first-order chi connectivity index (χ1) is 27.8. The second-order valence-corrected chi connectivity index (χ2v) is 14.8. The first kappa shape index (κ1) is 32.2. The highest BCUT2D eigenvalue weighted by Gasteiger charge is 2.18. The van der Waals surface area contributed by atoms with Gasteiger partial charge in [0.2, 0.25) is 0 Å². The van der Waals surface area contributed by atoms with Crippen LogP contribution in [0.15, 0.2) is 218 Å². The molecule has 0 aromatic heterocycles. The van der Waals surface area contributed by atoms with Crippen LogP contribution < -0.4 is 0 Å². The van der Waals surface area contributed by atoms with Gasteiger partial charge in [0.05, 0.1) is 0 Å². The number of hydrogen-bond acceptors (Lipinski definition) is 0. The Kier molecular flexibility index (Phi) is 7.60. The molecule has 0 heterocycles. The number of hydrogen-bond donors (Lipinski definition) is 0. The fraction of sp³-hybridized carbons (Fsp3) is 0. The van der Waals surface area contributed by atoms with Gasteiger partial charge in [0.25, 0.3) is 0 Å². The van der Waals surface area contributed by atoms with Crippen molar-refractivity contribution in [2.75, 3.05) is 0 Å². The Labute approximate surface area is 326 Å². The van der Waals surface area contributed by atoms with Gasteiger partial charge in [-0.05, 0) is 128 Å². The summed E-state index contributed by atoms with van der Waals surface area (Å²) in [5, 5.41) is 12.7. The number of benzene rings is 11. The molecule has 0 amide bonds. The van der Waals surface area contributed by atoms with Crippen LogP contribution in [0, 0.1) is 0 Å². The Bertz CT molecular complexity index is 3220. The maximum Gasteiger partial charge on any atom is -0.00262 e. The molecule has 0 bridgehead atoms. The molecule has 0 aliphatic rings. The van der Waals surface area contributed by atoms with Crippen molar-refractivity contribution in [2.24, 2.45) is 0 Å². The van der Waals surface area contributed by atoms with Crippen molar-refractivity contribution in [2.45, 2.75) is 0 Å². The third-order valence-electron chi connectivity index (χ3n) is 11.6. The lowest BCUT2D eigenvalue weighted by Gasteiger charge is -2.18. The molecule has 0 nitrogen and oxygen atoms in total. The Hall–Kier alpha value is -7.28. The number of rotatable bonds is 5. The van der Waals surface area contributed by atoms with Gasteiger partial charge in [-0.2, -0.15) is 0 Å². The summed E-state index contributed by atoms with van der Waals surface area (Å²) >= 11 is 0. The Morgan fingerprint density at radius 1 is 0.179 bits per heavy atom. The molecule has 0 saturated heterocycles. The highest BCUT2D eigenvalue weighted by Crippen LogP contribution is 2.45. The van der Waals surface area contributed by atoms with Crippen LogP contribution in [-0.4, -0.2) is 0 Å². The first-order valence-corrected chi connectivity index (χ1v) is 19.4. The molecular formula is C56H36. The Balaban J connectivity index is 1.06. The predicted molar refractivity (Wildman–Crippen MR) is 241 cm³/mol. The molecule has 0 saturated carbocycles. The molecule has 0 atom stereocenters. The van der Waals surface area contributed by atoms with E-state index in [-0.39, 0.29) is 0 Å². The van der Waals surface area contributed by atoms with Gasteiger partial charge in [-0.25, -0.2) is 0 Å². The third-order valence-corrected chi connectivity index (χ3v) is 11.6. The summed E-state index contributed by atoms with van der Waals surface area (Å²) in [7, 11) is 0. The van der Waals surface area contributed by atoms with Gasteiger partial charge in [-0.1, -0.05) is 200 Å². The van der Waals surface area contributed by atoms with Crippen LogP contribution in [-0.2, 0) is 0 Å². The van der Waals surface area contributed by atoms with Crippen LogP contribution >= 0.6 is 0 Å². The highest BCUT2D eigenvalue weighted by molar-refractivity contribution is 6.22. The van der Waals surface area contributed by atoms with Gasteiger partial charge in [-0.15, -0.1) is 0 Å². The molecule has 0 aliphatic heterocycles. The fourth-order valence-electron chi connectivity index (χ4n) is 9.03. The summed E-state index contributed by atoms with van der Waals surface area (Å²) < 4.78 is 0. The zero-order chi connectivity index (χ0) is 37.0. The van der Waals surface area contributed by atoms with Gasteiger partial charge < -0.3 is 0 Å². The van der Waals surface area contributed by atoms with Crippen molar-refractivity contribution in [1.29, 1.82) is 0 Å². The molecule has 0 N–H and O–H groups in total. The van der Waals surface area contributed by atoms with E-state index in [9.17, 15) is 0 Å². The van der Waals surface area contributed by atoms with E-state index in [2.05, 4.69) is 218 Å². The first-order valence-electron chi connectivity index (χ1n) is 19.4. The Morgan fingerprint density at radius 2 is 0.625 bits per heavy atom. The van der Waals surface area contributed by atoms with Crippen molar-refractivity contribution in [3.8, 4) is 55.6 Å². The molecule has 11 rings (SSSR count). The van der Waals surface area contributed by atoms with E-state index in [1.165, 1.54) is 109 Å². The van der Waals surface area contributed by atoms with Crippen molar-refractivity contribution in [1.82, 2.24) is 0 Å². The van der Waals surface area contributed by atoms with Crippen molar-refractivity contribution < 1.29 is 0 Å². The molecule has 0 aliphatic carbocycles. The van der Waals surface area contributed by atoms with Crippen LogP contribution in [0.1, 0.15) is 0 Å². The molecule has 0 unspecified atom stereocenters. The molecule has 56 heavy (non-hydrogen) atoms. The van der Waals surface area contributed by atoms with Crippen LogP contribution in [0.25, 0.3) is 109 Å². The van der Waals surface area contributed by atoms with Crippen LogP contribution in [0.2, 0.25) is 0 Å². The predicted octanol–water partition coefficient (Wildman–Crippen LogP) is 15.8. The quantitative estimate of drug-likeness (QED) is 0.123. The summed E-state index contributed by atoms with van der Waals surface area (Å²) in [5.41, 5.74) is 12.4. The van der Waals surface area contributed by atoms with Gasteiger partial charge in [0.1, 0.15) is 0 Å². The van der Waals surface area contributed by atoms with Gasteiger partial charge in [0, 0.05) is 0 Å². The van der Waals surface area contributed by atoms with E-state index >= 15 is 0 Å². The topological polar surface area (TPSA) is 0 Å². The lowest BCUT2D eigenvalue weighted by atomic mass is 9.85. The van der Waals surface area contributed by atoms with E-state index in [0.29, 0.717) is 0 Å². The monoisotopic (exact) mass is 708 g/mol. The lowest BCUT2D eigenvalue weighted by Crippen LogP contribution is -1.91. The zero-order valence-electron chi connectivity index (χ0n) is 30.8. The molecule has 11 aromatic rings. The van der Waals surface area contributed by atoms with E-state index in [4.69, 9.17) is 0 Å². The van der Waals surface area contributed by atoms with E-state index < -0.39 is 0 Å². The average Bonchev–Trinajstić information content (AvgIpc) is 3.28. The summed E-state index contributed by atoms with van der Waals surface area (Å²) in [6, 6.07) is 80.3. The van der Waals surface area contributed by atoms with Crippen LogP contribution in [0.3, 0.4) is 0 Å². The average molecular weight is 709 g/mol. The van der Waals surface area contributed by atoms with Crippen molar-refractivity contribution in [3.63, 3.8) is 0 Å². The SMILES string of the molecule is c1ccc(-c2cc3c(-c4ccc(-c5c6ccccc6c(-c6cccc(-c7ccc8ccccc8c7)c6)c6ccccc56)cc4)cccc3c3ccccc23)cc1. The van der Waals surface area contributed by atoms with Crippen molar-refractivity contribution >= 4 is 53.9 Å². The fourth-order valence-corrected chi connectivity index (χ4v) is 9.03. The second kappa shape index (κ2) is 13.2.